The number of allylic oxidation sites excluding steroid dienone is 2. The third kappa shape index (κ3) is 0.910. The molecule has 0 saturated heterocycles. The molecule has 31 valence electrons. The van der Waals surface area contributed by atoms with E-state index in [1.807, 2.05) is 0 Å². The van der Waals surface area contributed by atoms with Crippen molar-refractivity contribution in [2.24, 2.45) is 0 Å². The standard InChI is InChI=1S/C5H5.Bi.H/c1-4-5(2)3;;/h1,4H,2H3;;. The van der Waals surface area contributed by atoms with Crippen molar-refractivity contribution in [1.29, 1.82) is 0 Å². The second-order valence-electron chi connectivity index (χ2n) is 1.29. The molecule has 0 atom stereocenters. The molecule has 0 aliphatic carbocycles. The van der Waals surface area contributed by atoms with Gasteiger partial charge in [0.15, 0.2) is 0 Å². The van der Waals surface area contributed by atoms with E-state index in [-0.39, 0.29) is 23.2 Å². The molecule has 0 aromatic heterocycles. The molecule has 1 aliphatic rings. The molecule has 1 radical (unpaired) electrons. The molecule has 0 N–H and O–H groups in total. The first-order valence-electron chi connectivity index (χ1n) is 1.91. The van der Waals surface area contributed by atoms with Gasteiger partial charge in [0.25, 0.3) is 0 Å². The summed E-state index contributed by atoms with van der Waals surface area (Å²) in [5.41, 5.74) is 1.36. The van der Waals surface area contributed by atoms with Crippen LogP contribution in [0.1, 0.15) is 6.92 Å². The summed E-state index contributed by atoms with van der Waals surface area (Å²) < 4.78 is 5.62. The molecule has 0 bridgehead atoms. The molecule has 0 amide bonds. The molecule has 0 nitrogen and oxygen atoms in total. The van der Waals surface area contributed by atoms with Gasteiger partial charge in [-0.25, -0.2) is 0 Å². The van der Waals surface area contributed by atoms with Crippen molar-refractivity contribution in [3.63, 3.8) is 0 Å². The fourth-order valence-electron chi connectivity index (χ4n) is 0.364. The van der Waals surface area contributed by atoms with E-state index >= 15 is 0 Å². The first-order chi connectivity index (χ1) is 2.89. The second kappa shape index (κ2) is 1.88. The SMILES string of the molecule is CC1=[C][BiH][CH]=C1. The third-order valence-corrected chi connectivity index (χ3v) is 4.08. The van der Waals surface area contributed by atoms with Gasteiger partial charge in [-0.2, -0.15) is 0 Å². The summed E-state index contributed by atoms with van der Waals surface area (Å²) in [6.07, 6.45) is 2.17. The van der Waals surface area contributed by atoms with Crippen LogP contribution in [-0.2, 0) is 0 Å². The van der Waals surface area contributed by atoms with Crippen LogP contribution in [0, 0.1) is 3.78 Å². The average molecular weight is 275 g/mol. The summed E-state index contributed by atoms with van der Waals surface area (Å²) in [5, 5.41) is 0. The van der Waals surface area contributed by atoms with Crippen molar-refractivity contribution < 1.29 is 0 Å². The average Bonchev–Trinajstić information content (AvgIpc) is 1.86. The zero-order valence-corrected chi connectivity index (χ0v) is 7.54. The van der Waals surface area contributed by atoms with Crippen LogP contribution >= 0.6 is 0 Å². The van der Waals surface area contributed by atoms with Crippen LogP contribution in [0.15, 0.2) is 15.4 Å². The Morgan fingerprint density at radius 1 is 1.83 bits per heavy atom. The molecule has 0 aromatic rings. The van der Waals surface area contributed by atoms with Crippen LogP contribution in [-0.4, -0.2) is 23.2 Å². The molecular formula is C5H6Bi. The van der Waals surface area contributed by atoms with Gasteiger partial charge in [0.1, 0.15) is 0 Å². The van der Waals surface area contributed by atoms with Gasteiger partial charge >= 0.3 is 49.4 Å². The van der Waals surface area contributed by atoms with Crippen molar-refractivity contribution in [2.45, 2.75) is 6.92 Å². The Morgan fingerprint density at radius 2 is 2.67 bits per heavy atom. The fraction of sp³-hybridized carbons (Fsp3) is 0.200. The molecule has 1 rings (SSSR count). The molecule has 0 unspecified atom stereocenters. The number of hydrogen-bond acceptors (Lipinski definition) is 0. The molecule has 0 aromatic carbocycles. The summed E-state index contributed by atoms with van der Waals surface area (Å²) in [5.74, 6) is 0. The maximum atomic E-state index is 3.32. The van der Waals surface area contributed by atoms with Gasteiger partial charge < -0.3 is 0 Å². The molecule has 0 spiro atoms. The van der Waals surface area contributed by atoms with Gasteiger partial charge in [-0.05, 0) is 0 Å². The van der Waals surface area contributed by atoms with Crippen LogP contribution in [0.3, 0.4) is 0 Å². The van der Waals surface area contributed by atoms with Gasteiger partial charge in [-0.1, -0.05) is 0 Å². The van der Waals surface area contributed by atoms with Gasteiger partial charge in [0, 0.05) is 0 Å². The minimum atomic E-state index is -0.368. The first kappa shape index (κ1) is 4.52. The van der Waals surface area contributed by atoms with Crippen molar-refractivity contribution in [3.05, 3.63) is 19.2 Å². The van der Waals surface area contributed by atoms with Gasteiger partial charge in [0.05, 0.1) is 0 Å². The summed E-state index contributed by atoms with van der Waals surface area (Å²) in [6.45, 7) is 2.11. The van der Waals surface area contributed by atoms with Gasteiger partial charge in [0.2, 0.25) is 0 Å². The minimum absolute atomic E-state index is 0.368. The molecule has 0 fully saturated rings. The van der Waals surface area contributed by atoms with E-state index in [1.54, 1.807) is 0 Å². The van der Waals surface area contributed by atoms with Crippen LogP contribution in [0.5, 0.6) is 0 Å². The van der Waals surface area contributed by atoms with E-state index in [2.05, 4.69) is 20.6 Å². The molecule has 1 heterocycles. The van der Waals surface area contributed by atoms with E-state index in [0.29, 0.717) is 0 Å². The molecule has 0 saturated carbocycles. The Morgan fingerprint density at radius 3 is 2.83 bits per heavy atom. The Kier molecular flexibility index (Phi) is 1.42. The van der Waals surface area contributed by atoms with Gasteiger partial charge in [-0.3, -0.25) is 0 Å². The second-order valence-corrected chi connectivity index (χ2v) is 4.68. The topological polar surface area (TPSA) is 0 Å². The Balaban J connectivity index is 2.68. The van der Waals surface area contributed by atoms with Crippen molar-refractivity contribution >= 4 is 23.2 Å². The zero-order valence-electron chi connectivity index (χ0n) is 3.65. The van der Waals surface area contributed by atoms with Gasteiger partial charge in [-0.15, -0.1) is 0 Å². The van der Waals surface area contributed by atoms with Crippen molar-refractivity contribution in [1.82, 2.24) is 0 Å². The van der Waals surface area contributed by atoms with E-state index < -0.39 is 0 Å². The Bertz CT molecular complexity index is 97.8. The van der Waals surface area contributed by atoms with Crippen LogP contribution in [0.4, 0.5) is 0 Å². The van der Waals surface area contributed by atoms with E-state index in [4.69, 9.17) is 0 Å². The molecule has 1 aliphatic heterocycles. The number of hydrogen-bond donors (Lipinski definition) is 0. The normalized spacial score (nSPS) is 18.5. The van der Waals surface area contributed by atoms with Crippen molar-refractivity contribution in [2.75, 3.05) is 0 Å². The van der Waals surface area contributed by atoms with Crippen LogP contribution < -0.4 is 0 Å². The Hall–Kier alpha value is 0.363. The molecule has 1 heteroatoms. The first-order valence-corrected chi connectivity index (χ1v) is 6.10. The predicted octanol–water partition coefficient (Wildman–Crippen LogP) is 0.657. The van der Waals surface area contributed by atoms with Crippen LogP contribution in [0.25, 0.3) is 0 Å². The summed E-state index contributed by atoms with van der Waals surface area (Å²) in [7, 11) is 0. The molecule has 6 heavy (non-hydrogen) atoms. The zero-order chi connectivity index (χ0) is 4.41. The molecular weight excluding hydrogens is 269 g/mol. The van der Waals surface area contributed by atoms with E-state index in [0.717, 1.165) is 0 Å². The van der Waals surface area contributed by atoms with E-state index in [1.165, 1.54) is 5.57 Å². The Labute approximate surface area is 49.5 Å². The summed E-state index contributed by atoms with van der Waals surface area (Å²) >= 11 is -0.368. The van der Waals surface area contributed by atoms with Crippen LogP contribution in [0.2, 0.25) is 0 Å². The quantitative estimate of drug-likeness (QED) is 0.570. The summed E-state index contributed by atoms with van der Waals surface area (Å²) in [4.78, 5) is 0. The fourth-order valence-corrected chi connectivity index (χ4v) is 3.19. The summed E-state index contributed by atoms with van der Waals surface area (Å²) in [6, 6.07) is 0. The van der Waals surface area contributed by atoms with E-state index in [9.17, 15) is 0 Å². The number of rotatable bonds is 0. The monoisotopic (exact) mass is 275 g/mol. The maximum absolute atomic E-state index is 3.32. The predicted molar refractivity (Wildman–Crippen MR) is 28.7 cm³/mol. The third-order valence-electron chi connectivity index (χ3n) is 0.686. The van der Waals surface area contributed by atoms with Crippen molar-refractivity contribution in [3.8, 4) is 0 Å².